The molecule has 0 aliphatic carbocycles. The van der Waals surface area contributed by atoms with Gasteiger partial charge in [-0.15, -0.1) is 0 Å². The molecule has 0 N–H and O–H groups in total. The van der Waals surface area contributed by atoms with Crippen molar-refractivity contribution in [2.24, 2.45) is 4.99 Å². The number of alkyl halides is 2. The van der Waals surface area contributed by atoms with Crippen LogP contribution in [0, 0.1) is 0 Å². The van der Waals surface area contributed by atoms with Gasteiger partial charge in [-0.05, 0) is 6.08 Å². The summed E-state index contributed by atoms with van der Waals surface area (Å²) >= 11 is 0. The Kier molecular flexibility index (Phi) is 2.43. The topological polar surface area (TPSA) is 38.7 Å². The lowest BCUT2D eigenvalue weighted by atomic mass is 10.3. The van der Waals surface area contributed by atoms with E-state index in [0.29, 0.717) is 0 Å². The quantitative estimate of drug-likeness (QED) is 0.599. The average Bonchev–Trinajstić information content (AvgIpc) is 1.93. The van der Waals surface area contributed by atoms with Crippen LogP contribution in [0.15, 0.2) is 17.1 Å². The van der Waals surface area contributed by atoms with E-state index >= 15 is 0 Å². The van der Waals surface area contributed by atoms with Crippen LogP contribution < -0.4 is 0 Å². The fourth-order valence-corrected chi connectivity index (χ4v) is 0.616. The van der Waals surface area contributed by atoms with Crippen LogP contribution in [0.1, 0.15) is 0 Å². The molecule has 1 heterocycles. The maximum Gasteiger partial charge on any atom is 0.346 e. The van der Waals surface area contributed by atoms with Crippen LogP contribution in [0.5, 0.6) is 0 Å². The first-order valence-corrected chi connectivity index (χ1v) is 2.88. The van der Waals surface area contributed by atoms with Gasteiger partial charge in [0.15, 0.2) is 0 Å². The van der Waals surface area contributed by atoms with E-state index in [2.05, 4.69) is 9.73 Å². The SMILES string of the molecule is O=C1C=CC(OC(F)F)C=N1. The van der Waals surface area contributed by atoms with E-state index in [1.807, 2.05) is 0 Å². The lowest BCUT2D eigenvalue weighted by Gasteiger charge is -2.09. The molecule has 1 aliphatic rings. The van der Waals surface area contributed by atoms with Crippen LogP contribution in [0.3, 0.4) is 0 Å². The van der Waals surface area contributed by atoms with Gasteiger partial charge in [0.2, 0.25) is 0 Å². The highest BCUT2D eigenvalue weighted by atomic mass is 19.3. The third-order valence-electron chi connectivity index (χ3n) is 1.04. The first-order chi connectivity index (χ1) is 5.18. The highest BCUT2D eigenvalue weighted by molar-refractivity contribution is 5.97. The summed E-state index contributed by atoms with van der Waals surface area (Å²) in [6.07, 6.45) is 2.47. The standard InChI is InChI=1S/C6H5F2NO2/c7-6(8)11-4-1-2-5(10)9-3-4/h1-4,6H. The summed E-state index contributed by atoms with van der Waals surface area (Å²) in [5.74, 6) is -0.459. The fourth-order valence-electron chi connectivity index (χ4n) is 0.616. The summed E-state index contributed by atoms with van der Waals surface area (Å²) < 4.78 is 27.0. The molecule has 1 atom stereocenters. The monoisotopic (exact) mass is 161 g/mol. The number of hydrogen-bond acceptors (Lipinski definition) is 2. The van der Waals surface area contributed by atoms with Gasteiger partial charge in [0.25, 0.3) is 5.91 Å². The molecule has 3 nitrogen and oxygen atoms in total. The highest BCUT2D eigenvalue weighted by Crippen LogP contribution is 2.04. The van der Waals surface area contributed by atoms with Gasteiger partial charge in [-0.25, -0.2) is 4.99 Å². The molecule has 11 heavy (non-hydrogen) atoms. The maximum atomic E-state index is 11.5. The van der Waals surface area contributed by atoms with Crippen molar-refractivity contribution in [3.8, 4) is 0 Å². The van der Waals surface area contributed by atoms with Gasteiger partial charge in [0.1, 0.15) is 6.10 Å². The Bertz CT molecular complexity index is 197. The Morgan fingerprint density at radius 2 is 2.36 bits per heavy atom. The summed E-state index contributed by atoms with van der Waals surface area (Å²) in [5.41, 5.74) is 0. The molecule has 0 bridgehead atoms. The Morgan fingerprint density at radius 1 is 1.64 bits per heavy atom. The number of amides is 1. The fraction of sp³-hybridized carbons (Fsp3) is 0.333. The highest BCUT2D eigenvalue weighted by Gasteiger charge is 2.12. The second kappa shape index (κ2) is 3.34. The Labute approximate surface area is 61.4 Å². The number of halogens is 2. The molecule has 0 fully saturated rings. The van der Waals surface area contributed by atoms with Gasteiger partial charge in [-0.3, -0.25) is 4.79 Å². The number of dihydropyridines is 1. The van der Waals surface area contributed by atoms with Crippen LogP contribution in [0.25, 0.3) is 0 Å². The third kappa shape index (κ3) is 2.55. The van der Waals surface area contributed by atoms with Crippen molar-refractivity contribution in [3.05, 3.63) is 12.2 Å². The van der Waals surface area contributed by atoms with Crippen molar-refractivity contribution in [3.63, 3.8) is 0 Å². The molecule has 60 valence electrons. The lowest BCUT2D eigenvalue weighted by Crippen LogP contribution is -2.18. The molecular formula is C6H5F2NO2. The number of carbonyl (C=O) groups excluding carboxylic acids is 1. The maximum absolute atomic E-state index is 11.5. The molecule has 0 radical (unpaired) electrons. The number of rotatable bonds is 2. The van der Waals surface area contributed by atoms with Crippen molar-refractivity contribution >= 4 is 12.1 Å². The molecule has 0 saturated carbocycles. The molecular weight excluding hydrogens is 156 g/mol. The minimum Gasteiger partial charge on any atom is -0.310 e. The first kappa shape index (κ1) is 8.00. The van der Waals surface area contributed by atoms with Crippen LogP contribution in [-0.4, -0.2) is 24.8 Å². The minimum atomic E-state index is -2.84. The summed E-state index contributed by atoms with van der Waals surface area (Å²) in [6.45, 7) is -2.84. The zero-order chi connectivity index (χ0) is 8.27. The predicted octanol–water partition coefficient (Wildman–Crippen LogP) is 0.761. The first-order valence-electron chi connectivity index (χ1n) is 2.88. The Hall–Kier alpha value is -1.10. The van der Waals surface area contributed by atoms with E-state index in [0.717, 1.165) is 12.3 Å². The van der Waals surface area contributed by atoms with E-state index in [4.69, 9.17) is 0 Å². The Morgan fingerprint density at radius 3 is 2.82 bits per heavy atom. The summed E-state index contributed by atoms with van der Waals surface area (Å²) in [7, 11) is 0. The van der Waals surface area contributed by atoms with Crippen molar-refractivity contribution in [1.29, 1.82) is 0 Å². The Balaban J connectivity index is 2.45. The number of nitrogens with zero attached hydrogens (tertiary/aromatic N) is 1. The van der Waals surface area contributed by atoms with Crippen LogP contribution in [0.4, 0.5) is 8.78 Å². The molecule has 1 unspecified atom stereocenters. The number of aliphatic imine (C=N–C) groups is 1. The summed E-state index contributed by atoms with van der Waals surface area (Å²) in [6, 6.07) is 0. The number of carbonyl (C=O) groups is 1. The van der Waals surface area contributed by atoms with Crippen molar-refractivity contribution in [2.75, 3.05) is 0 Å². The molecule has 1 amide bonds. The van der Waals surface area contributed by atoms with E-state index in [9.17, 15) is 13.6 Å². The molecule has 0 saturated heterocycles. The van der Waals surface area contributed by atoms with Crippen molar-refractivity contribution in [1.82, 2.24) is 0 Å². The largest absolute Gasteiger partial charge is 0.346 e. The molecule has 1 aliphatic heterocycles. The van der Waals surface area contributed by atoms with E-state index in [-0.39, 0.29) is 0 Å². The molecule has 5 heteroatoms. The molecule has 0 aromatic heterocycles. The molecule has 0 spiro atoms. The van der Waals surface area contributed by atoms with Crippen LogP contribution in [-0.2, 0) is 9.53 Å². The summed E-state index contributed by atoms with van der Waals surface area (Å²) in [5, 5.41) is 0. The molecule has 0 aromatic rings. The van der Waals surface area contributed by atoms with Crippen molar-refractivity contribution in [2.45, 2.75) is 12.7 Å². The van der Waals surface area contributed by atoms with Crippen LogP contribution >= 0.6 is 0 Å². The average molecular weight is 161 g/mol. The molecule has 0 aromatic carbocycles. The van der Waals surface area contributed by atoms with E-state index in [1.165, 1.54) is 6.08 Å². The second-order valence-electron chi connectivity index (χ2n) is 1.84. The predicted molar refractivity (Wildman–Crippen MR) is 33.5 cm³/mol. The van der Waals surface area contributed by atoms with E-state index in [1.54, 1.807) is 0 Å². The smallest absolute Gasteiger partial charge is 0.310 e. The lowest BCUT2D eigenvalue weighted by molar-refractivity contribution is -0.134. The van der Waals surface area contributed by atoms with Gasteiger partial charge in [0.05, 0.1) is 0 Å². The van der Waals surface area contributed by atoms with Gasteiger partial charge in [-0.2, -0.15) is 8.78 Å². The van der Waals surface area contributed by atoms with Crippen LogP contribution in [0.2, 0.25) is 0 Å². The van der Waals surface area contributed by atoms with Gasteiger partial charge in [0, 0.05) is 12.3 Å². The third-order valence-corrected chi connectivity index (χ3v) is 1.04. The normalized spacial score (nSPS) is 23.2. The van der Waals surface area contributed by atoms with Gasteiger partial charge in [-0.1, -0.05) is 0 Å². The number of ether oxygens (including phenoxy) is 1. The zero-order valence-corrected chi connectivity index (χ0v) is 5.41. The van der Waals surface area contributed by atoms with E-state index < -0.39 is 18.6 Å². The minimum absolute atomic E-state index is 0.459. The van der Waals surface area contributed by atoms with Crippen molar-refractivity contribution < 1.29 is 18.3 Å². The number of hydrogen-bond donors (Lipinski definition) is 0. The second-order valence-corrected chi connectivity index (χ2v) is 1.84. The van der Waals surface area contributed by atoms with Gasteiger partial charge >= 0.3 is 6.61 Å². The summed E-state index contributed by atoms with van der Waals surface area (Å²) in [4.78, 5) is 13.6. The zero-order valence-electron chi connectivity index (χ0n) is 5.41. The van der Waals surface area contributed by atoms with Gasteiger partial charge < -0.3 is 4.74 Å². The molecule has 1 rings (SSSR count).